The van der Waals surface area contributed by atoms with Gasteiger partial charge in [0.25, 0.3) is 0 Å². The van der Waals surface area contributed by atoms with E-state index in [0.717, 1.165) is 32.0 Å². The molecule has 23 heavy (non-hydrogen) atoms. The summed E-state index contributed by atoms with van der Waals surface area (Å²) in [6.45, 7) is 4.03. The average Bonchev–Trinajstić information content (AvgIpc) is 2.79. The first kappa shape index (κ1) is 16.3. The Hall–Kier alpha value is -1.59. The number of cyclic esters (lactones) is 1. The maximum absolute atomic E-state index is 12.1. The van der Waals surface area contributed by atoms with Gasteiger partial charge in [0.1, 0.15) is 12.4 Å². The van der Waals surface area contributed by atoms with Crippen LogP contribution < -0.4 is 5.32 Å². The van der Waals surface area contributed by atoms with Crippen molar-refractivity contribution in [2.45, 2.75) is 51.7 Å². The third-order valence-electron chi connectivity index (χ3n) is 5.90. The second kappa shape index (κ2) is 6.49. The normalized spacial score (nSPS) is 42.2. The van der Waals surface area contributed by atoms with Crippen LogP contribution in [0.15, 0.2) is 0 Å². The second-order valence-electron chi connectivity index (χ2n) is 7.07. The van der Waals surface area contributed by atoms with Gasteiger partial charge in [-0.25, -0.2) is 4.79 Å². The third kappa shape index (κ3) is 2.95. The SMILES string of the molecule is CCOC(=O)NC1CC[C@@H]2[C@@H](C1)C[C@H]1C(=O)O[C@H](C)[C@H]1[C@H]2C=O. The molecule has 0 aromatic heterocycles. The first-order valence-electron chi connectivity index (χ1n) is 8.64. The summed E-state index contributed by atoms with van der Waals surface area (Å²) in [7, 11) is 0. The molecule has 1 aliphatic heterocycles. The van der Waals surface area contributed by atoms with E-state index in [9.17, 15) is 14.4 Å². The number of ether oxygens (including phenoxy) is 2. The summed E-state index contributed by atoms with van der Waals surface area (Å²) in [5, 5.41) is 2.90. The quantitative estimate of drug-likeness (QED) is 0.634. The number of hydrogen-bond acceptors (Lipinski definition) is 5. The number of alkyl carbamates (subject to hydrolysis) is 1. The van der Waals surface area contributed by atoms with E-state index in [1.807, 2.05) is 6.92 Å². The zero-order valence-corrected chi connectivity index (χ0v) is 13.7. The molecule has 2 aliphatic carbocycles. The Morgan fingerprint density at radius 2 is 2.17 bits per heavy atom. The van der Waals surface area contributed by atoms with Gasteiger partial charge >= 0.3 is 12.1 Å². The molecule has 7 atom stereocenters. The number of aldehydes is 1. The van der Waals surface area contributed by atoms with E-state index in [0.29, 0.717) is 12.5 Å². The second-order valence-corrected chi connectivity index (χ2v) is 7.07. The van der Waals surface area contributed by atoms with E-state index < -0.39 is 0 Å². The van der Waals surface area contributed by atoms with Crippen molar-refractivity contribution in [3.8, 4) is 0 Å². The summed E-state index contributed by atoms with van der Waals surface area (Å²) in [5.74, 6) is 0.173. The molecule has 128 valence electrons. The van der Waals surface area contributed by atoms with Gasteiger partial charge in [0.15, 0.2) is 0 Å². The maximum Gasteiger partial charge on any atom is 0.407 e. The fourth-order valence-electron chi connectivity index (χ4n) is 5.01. The minimum Gasteiger partial charge on any atom is -0.462 e. The van der Waals surface area contributed by atoms with Crippen LogP contribution in [-0.4, -0.2) is 37.1 Å². The van der Waals surface area contributed by atoms with E-state index in [1.165, 1.54) is 0 Å². The molecule has 3 fully saturated rings. The van der Waals surface area contributed by atoms with Gasteiger partial charge in [-0.15, -0.1) is 0 Å². The van der Waals surface area contributed by atoms with Crippen LogP contribution in [-0.2, 0) is 19.1 Å². The number of carbonyl (C=O) groups is 3. The largest absolute Gasteiger partial charge is 0.462 e. The molecule has 1 heterocycles. The minimum absolute atomic E-state index is 0.0239. The smallest absolute Gasteiger partial charge is 0.407 e. The summed E-state index contributed by atoms with van der Waals surface area (Å²) < 4.78 is 10.3. The molecular formula is C17H25NO5. The Morgan fingerprint density at radius 3 is 2.87 bits per heavy atom. The lowest BCUT2D eigenvalue weighted by Crippen LogP contribution is -2.49. The topological polar surface area (TPSA) is 81.7 Å². The van der Waals surface area contributed by atoms with Gasteiger partial charge in [-0.1, -0.05) is 0 Å². The van der Waals surface area contributed by atoms with E-state index in [2.05, 4.69) is 5.32 Å². The molecule has 0 radical (unpaired) electrons. The number of hydrogen-bond donors (Lipinski definition) is 1. The minimum atomic E-state index is -0.384. The highest BCUT2D eigenvalue weighted by molar-refractivity contribution is 5.77. The van der Waals surface area contributed by atoms with Crippen molar-refractivity contribution in [3.63, 3.8) is 0 Å². The van der Waals surface area contributed by atoms with Crippen LogP contribution >= 0.6 is 0 Å². The average molecular weight is 323 g/mol. The van der Waals surface area contributed by atoms with Crippen molar-refractivity contribution in [1.29, 1.82) is 0 Å². The molecule has 1 unspecified atom stereocenters. The molecule has 1 amide bonds. The van der Waals surface area contributed by atoms with E-state index in [4.69, 9.17) is 9.47 Å². The van der Waals surface area contributed by atoms with Crippen LogP contribution in [0.2, 0.25) is 0 Å². The van der Waals surface area contributed by atoms with Crippen LogP contribution in [0.1, 0.15) is 39.5 Å². The molecule has 0 bridgehead atoms. The number of carbonyl (C=O) groups excluding carboxylic acids is 3. The fraction of sp³-hybridized carbons (Fsp3) is 0.824. The van der Waals surface area contributed by atoms with Crippen molar-refractivity contribution in [1.82, 2.24) is 5.32 Å². The van der Waals surface area contributed by atoms with Crippen molar-refractivity contribution in [2.75, 3.05) is 6.61 Å². The Kier molecular flexibility index (Phi) is 4.60. The zero-order valence-electron chi connectivity index (χ0n) is 13.7. The van der Waals surface area contributed by atoms with Gasteiger partial charge in [-0.3, -0.25) is 4.79 Å². The van der Waals surface area contributed by atoms with Crippen LogP contribution in [0.25, 0.3) is 0 Å². The predicted molar refractivity (Wildman–Crippen MR) is 81.5 cm³/mol. The number of esters is 1. The molecule has 2 saturated carbocycles. The Morgan fingerprint density at radius 1 is 1.39 bits per heavy atom. The monoisotopic (exact) mass is 323 g/mol. The standard InChI is InChI=1S/C17H25NO5/c1-3-22-17(21)18-11-4-5-12-10(6-11)7-13-15(14(12)8-19)9(2)23-16(13)20/h8-15H,3-7H2,1-2H3,(H,18,21)/t9-,10+,11?,12-,13-,14+,15-/m1/s1. The highest BCUT2D eigenvalue weighted by atomic mass is 16.6. The third-order valence-corrected chi connectivity index (χ3v) is 5.90. The van der Waals surface area contributed by atoms with Crippen LogP contribution in [0.4, 0.5) is 4.79 Å². The van der Waals surface area contributed by atoms with Gasteiger partial charge in [-0.05, 0) is 51.4 Å². The number of fused-ring (bicyclic) bond motifs is 2. The number of amides is 1. The Bertz CT molecular complexity index is 493. The van der Waals surface area contributed by atoms with E-state index >= 15 is 0 Å². The van der Waals surface area contributed by atoms with Crippen LogP contribution in [0, 0.1) is 29.6 Å². The van der Waals surface area contributed by atoms with Gasteiger partial charge in [-0.2, -0.15) is 0 Å². The van der Waals surface area contributed by atoms with Gasteiger partial charge in [0, 0.05) is 17.9 Å². The molecule has 1 saturated heterocycles. The highest BCUT2D eigenvalue weighted by Crippen LogP contribution is 2.52. The molecular weight excluding hydrogens is 298 g/mol. The molecule has 0 spiro atoms. The molecule has 0 aromatic rings. The van der Waals surface area contributed by atoms with E-state index in [1.54, 1.807) is 6.92 Å². The van der Waals surface area contributed by atoms with E-state index in [-0.39, 0.29) is 47.9 Å². The highest BCUT2D eigenvalue weighted by Gasteiger charge is 2.55. The van der Waals surface area contributed by atoms with Crippen LogP contribution in [0.5, 0.6) is 0 Å². The van der Waals surface area contributed by atoms with Crippen molar-refractivity contribution in [3.05, 3.63) is 0 Å². The first-order chi connectivity index (χ1) is 11.0. The summed E-state index contributed by atoms with van der Waals surface area (Å²) in [4.78, 5) is 35.4. The van der Waals surface area contributed by atoms with Gasteiger partial charge in [0.05, 0.1) is 12.5 Å². The predicted octanol–water partition coefficient (Wildman–Crippen LogP) is 1.91. The molecule has 0 aromatic carbocycles. The molecule has 6 nitrogen and oxygen atoms in total. The van der Waals surface area contributed by atoms with Crippen molar-refractivity contribution >= 4 is 18.3 Å². The van der Waals surface area contributed by atoms with Crippen LogP contribution in [0.3, 0.4) is 0 Å². The fourth-order valence-corrected chi connectivity index (χ4v) is 5.01. The lowest BCUT2D eigenvalue weighted by atomic mass is 9.57. The summed E-state index contributed by atoms with van der Waals surface area (Å²) in [6, 6.07) is 0.0639. The Labute approximate surface area is 136 Å². The maximum atomic E-state index is 12.1. The zero-order chi connectivity index (χ0) is 16.6. The number of nitrogens with one attached hydrogen (secondary N) is 1. The van der Waals surface area contributed by atoms with Crippen molar-refractivity contribution in [2.24, 2.45) is 29.6 Å². The Balaban J connectivity index is 1.70. The lowest BCUT2D eigenvalue weighted by molar-refractivity contribution is -0.144. The summed E-state index contributed by atoms with van der Waals surface area (Å²) in [5.41, 5.74) is 0. The first-order valence-corrected chi connectivity index (χ1v) is 8.64. The van der Waals surface area contributed by atoms with Gasteiger partial charge < -0.3 is 19.6 Å². The molecule has 1 N–H and O–H groups in total. The summed E-state index contributed by atoms with van der Waals surface area (Å²) >= 11 is 0. The molecule has 3 rings (SSSR count). The molecule has 6 heteroatoms. The summed E-state index contributed by atoms with van der Waals surface area (Å²) in [6.07, 6.45) is 3.80. The van der Waals surface area contributed by atoms with Crippen molar-refractivity contribution < 1.29 is 23.9 Å². The lowest BCUT2D eigenvalue weighted by Gasteiger charge is -2.46. The number of rotatable bonds is 3. The van der Waals surface area contributed by atoms with Gasteiger partial charge in [0.2, 0.25) is 0 Å². The molecule has 3 aliphatic rings.